The molecule has 3 rings (SSSR count). The largest absolute Gasteiger partial charge is 0.416 e. The number of nitro benzene ring substituents is 1. The lowest BCUT2D eigenvalue weighted by Crippen LogP contribution is -2.49. The van der Waals surface area contributed by atoms with Crippen molar-refractivity contribution in [2.45, 2.75) is 13.1 Å². The predicted molar refractivity (Wildman–Crippen MR) is 97.4 cm³/mol. The van der Waals surface area contributed by atoms with Crippen molar-refractivity contribution in [3.05, 3.63) is 69.0 Å². The summed E-state index contributed by atoms with van der Waals surface area (Å²) in [4.78, 5) is 26.0. The first-order valence-corrected chi connectivity index (χ1v) is 8.74. The first-order valence-electron chi connectivity index (χ1n) is 8.74. The minimum absolute atomic E-state index is 0.0662. The summed E-state index contributed by atoms with van der Waals surface area (Å²) in [7, 11) is 0. The number of rotatable bonds is 3. The van der Waals surface area contributed by atoms with Crippen LogP contribution in [0.15, 0.2) is 36.4 Å². The number of nitro groups is 1. The number of amides is 1. The molecule has 1 aliphatic heterocycles. The van der Waals surface area contributed by atoms with Gasteiger partial charge < -0.3 is 9.80 Å². The van der Waals surface area contributed by atoms with Crippen LogP contribution in [0.25, 0.3) is 0 Å². The summed E-state index contributed by atoms with van der Waals surface area (Å²) in [6, 6.07) is 6.58. The SMILES string of the molecule is Cc1ccc(C(=O)N2CCN(c3ccc(C(F)(F)F)cc3[N+](=O)[O-])CC2)cc1F. The van der Waals surface area contributed by atoms with Crippen molar-refractivity contribution in [3.63, 3.8) is 0 Å². The summed E-state index contributed by atoms with van der Waals surface area (Å²) >= 11 is 0. The van der Waals surface area contributed by atoms with Crippen molar-refractivity contribution in [1.82, 2.24) is 4.90 Å². The Morgan fingerprint density at radius 2 is 1.72 bits per heavy atom. The van der Waals surface area contributed by atoms with Gasteiger partial charge in [-0.05, 0) is 36.8 Å². The van der Waals surface area contributed by atoms with Crippen molar-refractivity contribution < 1.29 is 27.3 Å². The third kappa shape index (κ3) is 4.30. The van der Waals surface area contributed by atoms with Gasteiger partial charge in [-0.1, -0.05) is 6.07 Å². The van der Waals surface area contributed by atoms with E-state index in [0.717, 1.165) is 18.2 Å². The summed E-state index contributed by atoms with van der Waals surface area (Å²) in [5.41, 5.74) is -1.05. The lowest BCUT2D eigenvalue weighted by molar-refractivity contribution is -0.384. The topological polar surface area (TPSA) is 66.7 Å². The first kappa shape index (κ1) is 20.6. The highest BCUT2D eigenvalue weighted by atomic mass is 19.4. The lowest BCUT2D eigenvalue weighted by Gasteiger charge is -2.36. The molecule has 1 amide bonds. The second kappa shape index (κ2) is 7.69. The molecule has 0 N–H and O–H groups in total. The highest BCUT2D eigenvalue weighted by Crippen LogP contribution is 2.36. The van der Waals surface area contributed by atoms with Crippen molar-refractivity contribution in [1.29, 1.82) is 0 Å². The number of benzene rings is 2. The Labute approximate surface area is 163 Å². The molecule has 1 fully saturated rings. The van der Waals surface area contributed by atoms with E-state index in [2.05, 4.69) is 0 Å². The molecule has 1 aliphatic rings. The Hall–Kier alpha value is -3.17. The van der Waals surface area contributed by atoms with Crippen molar-refractivity contribution >= 4 is 17.3 Å². The van der Waals surface area contributed by atoms with Crippen LogP contribution in [0.1, 0.15) is 21.5 Å². The van der Waals surface area contributed by atoms with Crippen LogP contribution in [0.2, 0.25) is 0 Å². The van der Waals surface area contributed by atoms with E-state index in [1.807, 2.05) is 0 Å². The van der Waals surface area contributed by atoms with Gasteiger partial charge in [-0.25, -0.2) is 4.39 Å². The Morgan fingerprint density at radius 1 is 1.07 bits per heavy atom. The Kier molecular flexibility index (Phi) is 5.45. The van der Waals surface area contributed by atoms with Gasteiger partial charge >= 0.3 is 6.18 Å². The molecular weight excluding hydrogens is 394 g/mol. The maximum Gasteiger partial charge on any atom is 0.416 e. The number of carbonyl (C=O) groups is 1. The average Bonchev–Trinajstić information content (AvgIpc) is 2.68. The number of hydrogen-bond acceptors (Lipinski definition) is 4. The van der Waals surface area contributed by atoms with Gasteiger partial charge in [0.05, 0.1) is 10.5 Å². The maximum atomic E-state index is 13.7. The zero-order valence-electron chi connectivity index (χ0n) is 15.4. The average molecular weight is 411 g/mol. The fourth-order valence-corrected chi connectivity index (χ4v) is 3.17. The van der Waals surface area contributed by atoms with Gasteiger partial charge in [0.15, 0.2) is 0 Å². The standard InChI is InChI=1S/C19H17F4N3O3/c1-12-2-3-13(10-15(12)20)18(27)25-8-6-24(7-9-25)16-5-4-14(19(21,22)23)11-17(16)26(28)29/h2-5,10-11H,6-9H2,1H3. The van der Waals surface area contributed by atoms with Gasteiger partial charge in [-0.2, -0.15) is 13.2 Å². The van der Waals surface area contributed by atoms with Gasteiger partial charge in [0.2, 0.25) is 0 Å². The van der Waals surface area contributed by atoms with Crippen LogP contribution in [0.4, 0.5) is 28.9 Å². The molecule has 154 valence electrons. The van der Waals surface area contributed by atoms with Gasteiger partial charge in [-0.3, -0.25) is 14.9 Å². The summed E-state index contributed by atoms with van der Waals surface area (Å²) < 4.78 is 52.3. The molecule has 0 bridgehead atoms. The van der Waals surface area contributed by atoms with Crippen LogP contribution in [0.5, 0.6) is 0 Å². The Balaban J connectivity index is 1.76. The first-order chi connectivity index (χ1) is 13.6. The summed E-state index contributed by atoms with van der Waals surface area (Å²) in [5.74, 6) is -0.861. The molecule has 0 aliphatic carbocycles. The zero-order valence-corrected chi connectivity index (χ0v) is 15.4. The van der Waals surface area contributed by atoms with Crippen molar-refractivity contribution in [2.24, 2.45) is 0 Å². The molecule has 29 heavy (non-hydrogen) atoms. The molecule has 1 saturated heterocycles. The highest BCUT2D eigenvalue weighted by Gasteiger charge is 2.34. The molecule has 0 atom stereocenters. The Morgan fingerprint density at radius 3 is 2.28 bits per heavy atom. The molecule has 1 heterocycles. The molecule has 0 saturated carbocycles. The van der Waals surface area contributed by atoms with Gasteiger partial charge in [0.25, 0.3) is 11.6 Å². The lowest BCUT2D eigenvalue weighted by atomic mass is 10.1. The number of hydrogen-bond donors (Lipinski definition) is 0. The van der Waals surface area contributed by atoms with Crippen molar-refractivity contribution in [2.75, 3.05) is 31.1 Å². The molecule has 0 spiro atoms. The third-order valence-electron chi connectivity index (χ3n) is 4.83. The normalized spacial score (nSPS) is 14.8. The van der Waals surface area contributed by atoms with Gasteiger partial charge in [0, 0.05) is 37.8 Å². The van der Waals surface area contributed by atoms with Gasteiger partial charge in [-0.15, -0.1) is 0 Å². The second-order valence-corrected chi connectivity index (χ2v) is 6.70. The zero-order chi connectivity index (χ0) is 21.3. The van der Waals surface area contributed by atoms with Crippen LogP contribution >= 0.6 is 0 Å². The monoisotopic (exact) mass is 411 g/mol. The molecule has 2 aromatic rings. The molecule has 6 nitrogen and oxygen atoms in total. The number of carbonyl (C=O) groups excluding carboxylic acids is 1. The number of halogens is 4. The van der Waals surface area contributed by atoms with Crippen LogP contribution in [-0.4, -0.2) is 41.9 Å². The van der Waals surface area contributed by atoms with Crippen LogP contribution in [-0.2, 0) is 6.18 Å². The van der Waals surface area contributed by atoms with Crippen LogP contribution < -0.4 is 4.90 Å². The van der Waals surface area contributed by atoms with Crippen LogP contribution in [0, 0.1) is 22.9 Å². The number of nitrogens with zero attached hydrogens (tertiary/aromatic N) is 3. The van der Waals surface area contributed by atoms with E-state index < -0.39 is 28.2 Å². The van der Waals surface area contributed by atoms with E-state index in [-0.39, 0.29) is 43.3 Å². The van der Waals surface area contributed by atoms with E-state index >= 15 is 0 Å². The highest BCUT2D eigenvalue weighted by molar-refractivity contribution is 5.94. The minimum Gasteiger partial charge on any atom is -0.362 e. The Bertz CT molecular complexity index is 954. The van der Waals surface area contributed by atoms with E-state index in [4.69, 9.17) is 0 Å². The fraction of sp³-hybridized carbons (Fsp3) is 0.316. The fourth-order valence-electron chi connectivity index (χ4n) is 3.17. The van der Waals surface area contributed by atoms with E-state index in [1.54, 1.807) is 11.8 Å². The van der Waals surface area contributed by atoms with Crippen LogP contribution in [0.3, 0.4) is 0 Å². The van der Waals surface area contributed by atoms with E-state index in [0.29, 0.717) is 11.6 Å². The smallest absolute Gasteiger partial charge is 0.362 e. The molecule has 0 radical (unpaired) electrons. The summed E-state index contributed by atoms with van der Waals surface area (Å²) in [6.07, 6.45) is -4.68. The molecule has 2 aromatic carbocycles. The van der Waals surface area contributed by atoms with E-state index in [9.17, 15) is 32.5 Å². The predicted octanol–water partition coefficient (Wildman–Crippen LogP) is 4.02. The number of aryl methyl sites for hydroxylation is 1. The number of alkyl halides is 3. The molecular formula is C19H17F4N3O3. The third-order valence-corrected chi connectivity index (χ3v) is 4.83. The molecule has 10 heteroatoms. The molecule has 0 aromatic heterocycles. The number of piperazine rings is 1. The number of anilines is 1. The maximum absolute atomic E-state index is 13.7. The second-order valence-electron chi connectivity index (χ2n) is 6.70. The van der Waals surface area contributed by atoms with Gasteiger partial charge in [0.1, 0.15) is 11.5 Å². The van der Waals surface area contributed by atoms with E-state index in [1.165, 1.54) is 17.0 Å². The van der Waals surface area contributed by atoms with Crippen molar-refractivity contribution in [3.8, 4) is 0 Å². The summed E-state index contributed by atoms with van der Waals surface area (Å²) in [6.45, 7) is 2.39. The summed E-state index contributed by atoms with van der Waals surface area (Å²) in [5, 5.41) is 11.3. The molecule has 0 unspecified atom stereocenters. The quantitative estimate of drug-likeness (QED) is 0.435. The minimum atomic E-state index is -4.68.